The smallest absolute Gasteiger partial charge is 0.337 e. The predicted octanol–water partition coefficient (Wildman–Crippen LogP) is 0.857. The lowest BCUT2D eigenvalue weighted by Gasteiger charge is -2.21. The Hall–Kier alpha value is -1.83. The predicted molar refractivity (Wildman–Crippen MR) is 73.2 cm³/mol. The number of rotatable bonds is 6. The summed E-state index contributed by atoms with van der Waals surface area (Å²) in [6, 6.07) is 3.51. The number of aromatic carboxylic acids is 1. The maximum Gasteiger partial charge on any atom is 0.337 e. The third kappa shape index (κ3) is 4.37. The highest BCUT2D eigenvalue weighted by atomic mass is 35.5. The summed E-state index contributed by atoms with van der Waals surface area (Å²) >= 11 is 5.72. The van der Waals surface area contributed by atoms with Gasteiger partial charge in [-0.3, -0.25) is 0 Å². The highest BCUT2D eigenvalue weighted by molar-refractivity contribution is 6.33. The van der Waals surface area contributed by atoms with Gasteiger partial charge in [-0.15, -0.1) is 0 Å². The Bertz CT molecular complexity index is 489. The number of amides is 2. The van der Waals surface area contributed by atoms with Gasteiger partial charge in [0.15, 0.2) is 0 Å². The van der Waals surface area contributed by atoms with E-state index in [1.165, 1.54) is 23.1 Å². The fourth-order valence-electron chi connectivity index (χ4n) is 1.53. The van der Waals surface area contributed by atoms with Crippen molar-refractivity contribution in [3.63, 3.8) is 0 Å². The normalized spacial score (nSPS) is 10.2. The van der Waals surface area contributed by atoms with Gasteiger partial charge in [0.25, 0.3) is 0 Å². The van der Waals surface area contributed by atoms with E-state index in [1.54, 1.807) is 0 Å². The number of hydrogen-bond acceptors (Lipinski definition) is 4. The lowest BCUT2D eigenvalue weighted by Crippen LogP contribution is -2.39. The fourth-order valence-corrected chi connectivity index (χ4v) is 1.72. The zero-order valence-electron chi connectivity index (χ0n) is 10.5. The van der Waals surface area contributed by atoms with Crippen molar-refractivity contribution in [2.75, 3.05) is 31.6 Å². The van der Waals surface area contributed by atoms with Crippen molar-refractivity contribution in [3.05, 3.63) is 28.8 Å². The summed E-state index contributed by atoms with van der Waals surface area (Å²) in [5.41, 5.74) is 0.137. The molecule has 110 valence electrons. The van der Waals surface area contributed by atoms with Crippen LogP contribution in [-0.4, -0.2) is 58.5 Å². The van der Waals surface area contributed by atoms with Gasteiger partial charge in [0.2, 0.25) is 0 Å². The molecule has 0 aliphatic heterocycles. The first kappa shape index (κ1) is 16.2. The highest BCUT2D eigenvalue weighted by Gasteiger charge is 2.14. The number of carbonyl (C=O) groups excluding carboxylic acids is 1. The van der Waals surface area contributed by atoms with E-state index < -0.39 is 12.0 Å². The van der Waals surface area contributed by atoms with Gasteiger partial charge in [-0.25, -0.2) is 9.59 Å². The topological polar surface area (TPSA) is 110 Å². The Morgan fingerprint density at radius 1 is 1.20 bits per heavy atom. The maximum absolute atomic E-state index is 11.9. The van der Waals surface area contributed by atoms with Crippen molar-refractivity contribution < 1.29 is 24.9 Å². The molecule has 0 radical (unpaired) electrons. The van der Waals surface area contributed by atoms with Crippen LogP contribution in [0, 0.1) is 0 Å². The summed E-state index contributed by atoms with van der Waals surface area (Å²) in [4.78, 5) is 24.0. The van der Waals surface area contributed by atoms with Crippen LogP contribution in [0.25, 0.3) is 0 Å². The van der Waals surface area contributed by atoms with E-state index in [9.17, 15) is 9.59 Å². The number of anilines is 1. The van der Waals surface area contributed by atoms with Crippen LogP contribution >= 0.6 is 11.6 Å². The number of carboxylic acid groups (broad SMARTS) is 1. The molecule has 7 nitrogen and oxygen atoms in total. The van der Waals surface area contributed by atoms with Gasteiger partial charge in [0.1, 0.15) is 0 Å². The molecule has 2 amide bonds. The molecule has 0 fully saturated rings. The Balaban J connectivity index is 2.84. The van der Waals surface area contributed by atoms with E-state index in [4.69, 9.17) is 26.9 Å². The Kier molecular flexibility index (Phi) is 6.23. The number of aliphatic hydroxyl groups excluding tert-OH is 2. The van der Waals surface area contributed by atoms with Crippen LogP contribution in [0.4, 0.5) is 10.5 Å². The number of halogens is 1. The van der Waals surface area contributed by atoms with Gasteiger partial charge in [0.05, 0.1) is 23.8 Å². The average molecular weight is 303 g/mol. The minimum absolute atomic E-state index is 0.0613. The largest absolute Gasteiger partial charge is 0.478 e. The monoisotopic (exact) mass is 302 g/mol. The number of aliphatic hydroxyl groups is 2. The summed E-state index contributed by atoms with van der Waals surface area (Å²) in [6.07, 6.45) is 0. The Morgan fingerprint density at radius 2 is 1.80 bits per heavy atom. The molecule has 20 heavy (non-hydrogen) atoms. The van der Waals surface area contributed by atoms with Crippen molar-refractivity contribution in [3.8, 4) is 0 Å². The van der Waals surface area contributed by atoms with Crippen molar-refractivity contribution in [2.45, 2.75) is 0 Å². The van der Waals surface area contributed by atoms with Crippen LogP contribution < -0.4 is 5.32 Å². The highest BCUT2D eigenvalue weighted by Crippen LogP contribution is 2.20. The van der Waals surface area contributed by atoms with Gasteiger partial charge in [0, 0.05) is 18.8 Å². The first-order valence-corrected chi connectivity index (χ1v) is 6.18. The second-order valence-electron chi connectivity index (χ2n) is 3.86. The van der Waals surface area contributed by atoms with Crippen molar-refractivity contribution in [1.29, 1.82) is 0 Å². The van der Waals surface area contributed by atoms with Crippen molar-refractivity contribution in [1.82, 2.24) is 4.90 Å². The van der Waals surface area contributed by atoms with E-state index in [2.05, 4.69) is 5.32 Å². The molecular formula is C12H15ClN2O5. The number of urea groups is 1. The third-order valence-corrected chi connectivity index (χ3v) is 2.80. The van der Waals surface area contributed by atoms with Crippen LogP contribution in [-0.2, 0) is 0 Å². The van der Waals surface area contributed by atoms with E-state index in [0.29, 0.717) is 0 Å². The SMILES string of the molecule is O=C(O)c1cc(NC(=O)N(CCO)CCO)ccc1Cl. The lowest BCUT2D eigenvalue weighted by molar-refractivity contribution is 0.0697. The molecule has 1 rings (SSSR count). The van der Waals surface area contributed by atoms with Crippen molar-refractivity contribution >= 4 is 29.3 Å². The van der Waals surface area contributed by atoms with Gasteiger partial charge in [-0.05, 0) is 18.2 Å². The van der Waals surface area contributed by atoms with Gasteiger partial charge < -0.3 is 25.5 Å². The second kappa shape index (κ2) is 7.68. The van der Waals surface area contributed by atoms with E-state index >= 15 is 0 Å². The van der Waals surface area contributed by atoms with Crippen LogP contribution in [0.2, 0.25) is 5.02 Å². The first-order valence-electron chi connectivity index (χ1n) is 5.80. The molecular weight excluding hydrogens is 288 g/mol. The standard InChI is InChI=1S/C12H15ClN2O5/c13-10-2-1-8(7-9(10)11(18)19)14-12(20)15(3-5-16)4-6-17/h1-2,7,16-17H,3-6H2,(H,14,20)(H,18,19). The minimum Gasteiger partial charge on any atom is -0.478 e. The number of nitrogens with zero attached hydrogens (tertiary/aromatic N) is 1. The average Bonchev–Trinajstić information content (AvgIpc) is 2.40. The summed E-state index contributed by atoms with van der Waals surface area (Å²) in [5.74, 6) is -1.20. The molecule has 1 aromatic carbocycles. The number of nitrogens with one attached hydrogen (secondary N) is 1. The van der Waals surface area contributed by atoms with E-state index in [-0.39, 0.29) is 42.6 Å². The van der Waals surface area contributed by atoms with Crippen LogP contribution in [0.3, 0.4) is 0 Å². The summed E-state index contributed by atoms with van der Waals surface area (Å²) in [7, 11) is 0. The molecule has 0 bridgehead atoms. The molecule has 0 saturated heterocycles. The molecule has 0 heterocycles. The maximum atomic E-state index is 11.9. The minimum atomic E-state index is -1.20. The number of benzene rings is 1. The number of hydrogen-bond donors (Lipinski definition) is 4. The molecule has 0 aromatic heterocycles. The molecule has 1 aromatic rings. The molecule has 0 aliphatic rings. The molecule has 4 N–H and O–H groups in total. The first-order chi connectivity index (χ1) is 9.49. The summed E-state index contributed by atoms with van der Waals surface area (Å²) in [5, 5.41) is 29.1. The summed E-state index contributed by atoms with van der Waals surface area (Å²) < 4.78 is 0. The zero-order chi connectivity index (χ0) is 15.1. The molecule has 8 heteroatoms. The van der Waals surface area contributed by atoms with Crippen LogP contribution in [0.1, 0.15) is 10.4 Å². The Labute approximate surface area is 120 Å². The van der Waals surface area contributed by atoms with Crippen molar-refractivity contribution in [2.24, 2.45) is 0 Å². The molecule has 0 saturated carbocycles. The molecule has 0 atom stereocenters. The zero-order valence-corrected chi connectivity index (χ0v) is 11.3. The lowest BCUT2D eigenvalue weighted by atomic mass is 10.2. The molecule has 0 spiro atoms. The summed E-state index contributed by atoms with van der Waals surface area (Å²) in [6.45, 7) is -0.361. The van der Waals surface area contributed by atoms with Gasteiger partial charge >= 0.3 is 12.0 Å². The van der Waals surface area contributed by atoms with Crippen LogP contribution in [0.15, 0.2) is 18.2 Å². The third-order valence-electron chi connectivity index (χ3n) is 2.48. The Morgan fingerprint density at radius 3 is 2.30 bits per heavy atom. The van der Waals surface area contributed by atoms with Gasteiger partial charge in [-0.2, -0.15) is 0 Å². The molecule has 0 unspecified atom stereocenters. The number of carboxylic acids is 1. The quantitative estimate of drug-likeness (QED) is 0.623. The second-order valence-corrected chi connectivity index (χ2v) is 4.27. The van der Waals surface area contributed by atoms with Crippen LogP contribution in [0.5, 0.6) is 0 Å². The fraction of sp³-hybridized carbons (Fsp3) is 0.333. The molecule has 0 aliphatic carbocycles. The van der Waals surface area contributed by atoms with E-state index in [0.717, 1.165) is 0 Å². The number of carbonyl (C=O) groups is 2. The van der Waals surface area contributed by atoms with E-state index in [1.807, 2.05) is 0 Å². The van der Waals surface area contributed by atoms with Gasteiger partial charge in [-0.1, -0.05) is 11.6 Å².